The molecular weight excluding hydrogens is 428 g/mol. The minimum atomic E-state index is 0.785. The molecule has 2 aromatic carbocycles. The van der Waals surface area contributed by atoms with E-state index in [1.54, 1.807) is 12.4 Å². The lowest BCUT2D eigenvalue weighted by molar-refractivity contribution is 1.29. The van der Waals surface area contributed by atoms with Crippen LogP contribution in [0.5, 0.6) is 0 Å². The summed E-state index contributed by atoms with van der Waals surface area (Å²) in [5, 5.41) is 2.58. The minimum absolute atomic E-state index is 0.785. The topological polar surface area (TPSA) is 25.8 Å². The van der Waals surface area contributed by atoms with E-state index in [4.69, 9.17) is 0 Å². The molecule has 0 amide bonds. The maximum Gasteiger partial charge on any atom is 0.113 e. The predicted octanol–water partition coefficient (Wildman–Crippen LogP) is 6.86. The molecule has 32 heavy (non-hydrogen) atoms. The van der Waals surface area contributed by atoms with Crippen LogP contribution in [0, 0.1) is 23.7 Å². The van der Waals surface area contributed by atoms with E-state index >= 15 is 0 Å². The molecule has 4 heterocycles. The van der Waals surface area contributed by atoms with E-state index in [1.165, 1.54) is 29.6 Å². The highest BCUT2D eigenvalue weighted by Gasteiger charge is 2.12. The molecule has 4 aromatic heterocycles. The van der Waals surface area contributed by atoms with Crippen molar-refractivity contribution in [3.05, 3.63) is 108 Å². The molecule has 6 aromatic rings. The number of aromatic nitrogens is 2. The molecule has 148 valence electrons. The molecule has 0 saturated carbocycles. The molecule has 0 fully saturated rings. The van der Waals surface area contributed by atoms with Crippen molar-refractivity contribution < 1.29 is 0 Å². The Balaban J connectivity index is 1.38. The smallest absolute Gasteiger partial charge is 0.113 e. The van der Waals surface area contributed by atoms with Crippen LogP contribution in [0.25, 0.3) is 29.6 Å². The molecule has 2 nitrogen and oxygen atoms in total. The number of pyridine rings is 2. The highest BCUT2D eigenvalue weighted by Crippen LogP contribution is 2.44. The summed E-state index contributed by atoms with van der Waals surface area (Å²) in [7, 11) is 0. The Morgan fingerprint density at radius 3 is 1.47 bits per heavy atom. The maximum atomic E-state index is 4.27. The van der Waals surface area contributed by atoms with Crippen molar-refractivity contribution >= 4 is 52.2 Å². The van der Waals surface area contributed by atoms with Gasteiger partial charge >= 0.3 is 0 Å². The minimum Gasteiger partial charge on any atom is -0.248 e. The third-order valence-electron chi connectivity index (χ3n) is 5.08. The van der Waals surface area contributed by atoms with Crippen LogP contribution in [0.2, 0.25) is 0 Å². The van der Waals surface area contributed by atoms with Crippen molar-refractivity contribution in [2.45, 2.75) is 0 Å². The van der Waals surface area contributed by atoms with Gasteiger partial charge in [0.25, 0.3) is 0 Å². The zero-order chi connectivity index (χ0) is 21.3. The molecule has 0 saturated heterocycles. The van der Waals surface area contributed by atoms with E-state index in [2.05, 4.69) is 70.0 Å². The van der Waals surface area contributed by atoms with Crippen LogP contribution in [0.3, 0.4) is 0 Å². The number of nitrogens with zero attached hydrogens (tertiary/aromatic N) is 2. The van der Waals surface area contributed by atoms with Crippen LogP contribution < -0.4 is 0 Å². The lowest BCUT2D eigenvalue weighted by Gasteiger charge is -1.94. The van der Waals surface area contributed by atoms with E-state index in [-0.39, 0.29) is 0 Å². The van der Waals surface area contributed by atoms with Crippen molar-refractivity contribution in [3.8, 4) is 23.7 Å². The molecule has 0 aliphatic heterocycles. The summed E-state index contributed by atoms with van der Waals surface area (Å²) in [6, 6.07) is 24.5. The largest absolute Gasteiger partial charge is 0.248 e. The number of fused-ring (bicyclic) bond motifs is 5. The molecule has 0 aliphatic rings. The van der Waals surface area contributed by atoms with E-state index in [0.29, 0.717) is 0 Å². The van der Waals surface area contributed by atoms with Gasteiger partial charge in [-0.05, 0) is 60.4 Å². The van der Waals surface area contributed by atoms with Crippen molar-refractivity contribution in [2.75, 3.05) is 0 Å². The Hall–Kier alpha value is -3.96. The first-order valence-corrected chi connectivity index (χ1v) is 11.7. The lowest BCUT2D eigenvalue weighted by Crippen LogP contribution is -1.79. The van der Waals surface area contributed by atoms with Gasteiger partial charge in [0.2, 0.25) is 0 Å². The number of benzene rings is 2. The summed E-state index contributed by atoms with van der Waals surface area (Å²) in [4.78, 5) is 8.54. The molecule has 0 aliphatic carbocycles. The van der Waals surface area contributed by atoms with Gasteiger partial charge in [-0.25, -0.2) is 9.97 Å². The van der Waals surface area contributed by atoms with Gasteiger partial charge in [-0.1, -0.05) is 36.1 Å². The van der Waals surface area contributed by atoms with Gasteiger partial charge in [-0.15, -0.1) is 22.7 Å². The Bertz CT molecular complexity index is 1590. The molecule has 0 spiro atoms. The second-order valence-electron chi connectivity index (χ2n) is 7.21. The maximum absolute atomic E-state index is 4.27. The molecule has 6 rings (SSSR count). The van der Waals surface area contributed by atoms with Crippen LogP contribution in [0.4, 0.5) is 0 Å². The molecule has 0 atom stereocenters. The first kappa shape index (κ1) is 18.8. The first-order valence-electron chi connectivity index (χ1n) is 10.1. The highest BCUT2D eigenvalue weighted by molar-refractivity contribution is 7.36. The Labute approximate surface area is 193 Å². The quantitative estimate of drug-likeness (QED) is 0.240. The zero-order valence-corrected chi connectivity index (χ0v) is 18.4. The zero-order valence-electron chi connectivity index (χ0n) is 16.8. The molecule has 4 heteroatoms. The summed E-state index contributed by atoms with van der Waals surface area (Å²) in [5.74, 6) is 12.8. The van der Waals surface area contributed by atoms with E-state index in [9.17, 15) is 0 Å². The number of hydrogen-bond donors (Lipinski definition) is 0. The normalized spacial score (nSPS) is 10.6. The Morgan fingerprint density at radius 2 is 1.03 bits per heavy atom. The summed E-state index contributed by atoms with van der Waals surface area (Å²) in [6.07, 6.45) is 3.53. The predicted molar refractivity (Wildman–Crippen MR) is 135 cm³/mol. The first-order chi connectivity index (χ1) is 15.8. The van der Waals surface area contributed by atoms with Gasteiger partial charge < -0.3 is 0 Å². The fraction of sp³-hybridized carbons (Fsp3) is 0. The third kappa shape index (κ3) is 3.53. The summed E-state index contributed by atoms with van der Waals surface area (Å²) < 4.78 is 5.19. The van der Waals surface area contributed by atoms with E-state index in [0.717, 1.165) is 22.5 Å². The Morgan fingerprint density at radius 1 is 0.531 bits per heavy atom. The molecular formula is C28H14N2S2. The van der Waals surface area contributed by atoms with Gasteiger partial charge in [-0.3, -0.25) is 0 Å². The average Bonchev–Trinajstić information content (AvgIpc) is 3.38. The van der Waals surface area contributed by atoms with E-state index < -0.39 is 0 Å². The monoisotopic (exact) mass is 442 g/mol. The fourth-order valence-corrected chi connectivity index (χ4v) is 6.29. The molecule has 0 radical (unpaired) electrons. The van der Waals surface area contributed by atoms with Crippen LogP contribution >= 0.6 is 22.7 Å². The van der Waals surface area contributed by atoms with Gasteiger partial charge in [0.1, 0.15) is 11.4 Å². The standard InChI is InChI=1S/C28H14N2S2/c1-3-15-29-21(5-1)11-7-19-9-13-23-25(17-19)31-28-24-14-10-20(18-26(24)32-27(23)28)8-12-22-6-2-4-16-30-22/h1-6,9-10,13-18H. The van der Waals surface area contributed by atoms with E-state index in [1.807, 2.05) is 59.1 Å². The lowest BCUT2D eigenvalue weighted by atomic mass is 10.1. The second kappa shape index (κ2) is 7.94. The number of hydrogen-bond acceptors (Lipinski definition) is 4. The van der Waals surface area contributed by atoms with Crippen LogP contribution in [-0.4, -0.2) is 9.97 Å². The average molecular weight is 443 g/mol. The SMILES string of the molecule is C(#Cc1ccccn1)c1ccc2c(c1)sc1c3ccc(C#Cc4ccccn4)cc3sc21. The van der Waals surface area contributed by atoms with Gasteiger partial charge in [0.05, 0.1) is 9.40 Å². The van der Waals surface area contributed by atoms with Crippen molar-refractivity contribution in [2.24, 2.45) is 0 Å². The van der Waals surface area contributed by atoms with Crippen molar-refractivity contribution in [3.63, 3.8) is 0 Å². The number of rotatable bonds is 0. The Kier molecular flexibility index (Phi) is 4.66. The molecule has 0 N–H and O–H groups in total. The summed E-state index contributed by atoms with van der Waals surface area (Å²) in [5.41, 5.74) is 3.59. The van der Waals surface area contributed by atoms with Crippen molar-refractivity contribution in [1.82, 2.24) is 9.97 Å². The van der Waals surface area contributed by atoms with Crippen LogP contribution in [0.1, 0.15) is 22.5 Å². The van der Waals surface area contributed by atoms with Crippen LogP contribution in [-0.2, 0) is 0 Å². The molecule has 0 bridgehead atoms. The molecule has 0 unspecified atom stereocenters. The summed E-state index contributed by atoms with van der Waals surface area (Å²) >= 11 is 3.66. The van der Waals surface area contributed by atoms with Crippen LogP contribution in [0.15, 0.2) is 85.2 Å². The fourth-order valence-electron chi connectivity index (χ4n) is 3.56. The van der Waals surface area contributed by atoms with Gasteiger partial charge in [0, 0.05) is 43.7 Å². The highest BCUT2D eigenvalue weighted by atomic mass is 32.1. The van der Waals surface area contributed by atoms with Gasteiger partial charge in [-0.2, -0.15) is 0 Å². The second-order valence-corrected chi connectivity index (χ2v) is 9.32. The van der Waals surface area contributed by atoms with Crippen molar-refractivity contribution in [1.29, 1.82) is 0 Å². The third-order valence-corrected chi connectivity index (χ3v) is 7.58. The van der Waals surface area contributed by atoms with Gasteiger partial charge in [0.15, 0.2) is 0 Å². The number of thiophene rings is 2. The summed E-state index contributed by atoms with van der Waals surface area (Å²) in [6.45, 7) is 0.